The van der Waals surface area contributed by atoms with Crippen LogP contribution >= 0.6 is 0 Å². The molecule has 4 rings (SSSR count). The summed E-state index contributed by atoms with van der Waals surface area (Å²) in [7, 11) is 0. The van der Waals surface area contributed by atoms with Crippen LogP contribution in [0, 0.1) is 11.7 Å². The molecule has 2 aliphatic rings. The predicted molar refractivity (Wildman–Crippen MR) is 98.7 cm³/mol. The Morgan fingerprint density at radius 2 is 1.72 bits per heavy atom. The normalized spacial score (nSPS) is 25.0. The minimum Gasteiger partial charge on any atom is -0.260 e. The van der Waals surface area contributed by atoms with E-state index in [0.29, 0.717) is 18.8 Å². The molecule has 0 spiro atoms. The third-order valence-electron chi connectivity index (χ3n) is 5.48. The third-order valence-corrected chi connectivity index (χ3v) is 5.48. The van der Waals surface area contributed by atoms with Gasteiger partial charge in [0.2, 0.25) is 0 Å². The van der Waals surface area contributed by atoms with E-state index in [-0.39, 0.29) is 11.7 Å². The van der Waals surface area contributed by atoms with E-state index in [1.165, 1.54) is 12.1 Å². The highest BCUT2D eigenvalue weighted by molar-refractivity contribution is 5.85. The van der Waals surface area contributed by atoms with Gasteiger partial charge >= 0.3 is 0 Å². The van der Waals surface area contributed by atoms with Gasteiger partial charge in [-0.15, -0.1) is 0 Å². The fourth-order valence-electron chi connectivity index (χ4n) is 3.93. The van der Waals surface area contributed by atoms with Crippen LogP contribution in [0.1, 0.15) is 48.3 Å². The summed E-state index contributed by atoms with van der Waals surface area (Å²) in [6.45, 7) is 4.27. The molecule has 0 amide bonds. The molecule has 128 valence electrons. The summed E-state index contributed by atoms with van der Waals surface area (Å²) in [6, 6.07) is 12.9. The summed E-state index contributed by atoms with van der Waals surface area (Å²) in [6.07, 6.45) is 4.29. The molecule has 0 radical (unpaired) electrons. The first-order valence-corrected chi connectivity index (χ1v) is 8.88. The Kier molecular flexibility index (Phi) is 4.24. The molecule has 1 aliphatic heterocycles. The summed E-state index contributed by atoms with van der Waals surface area (Å²) >= 11 is 0. The second-order valence-electron chi connectivity index (χ2n) is 7.06. The minimum atomic E-state index is -0.648. The quantitative estimate of drug-likeness (QED) is 0.631. The van der Waals surface area contributed by atoms with Gasteiger partial charge in [-0.25, -0.2) is 8.78 Å². The lowest BCUT2D eigenvalue weighted by molar-refractivity contribution is 0.230. The summed E-state index contributed by atoms with van der Waals surface area (Å²) in [4.78, 5) is 4.56. The second-order valence-corrected chi connectivity index (χ2v) is 7.06. The predicted octanol–water partition coefficient (Wildman–Crippen LogP) is 6.22. The Balaban J connectivity index is 1.56. The lowest BCUT2D eigenvalue weighted by Gasteiger charge is -2.26. The van der Waals surface area contributed by atoms with Gasteiger partial charge in [-0.05, 0) is 72.1 Å². The molecule has 2 aromatic rings. The summed E-state index contributed by atoms with van der Waals surface area (Å²) in [5.41, 5.74) is 5.31. The largest absolute Gasteiger partial charge is 0.260 e. The number of fused-ring (bicyclic) bond motifs is 1. The molecule has 2 aromatic carbocycles. The van der Waals surface area contributed by atoms with E-state index in [2.05, 4.69) is 29.8 Å². The molecule has 1 nitrogen and oxygen atoms in total. The van der Waals surface area contributed by atoms with Crippen LogP contribution in [0.15, 0.2) is 54.0 Å². The molecule has 1 fully saturated rings. The number of alkyl halides is 1. The highest BCUT2D eigenvalue weighted by atomic mass is 19.1. The number of nitrogens with zero attached hydrogens (tertiary/aromatic N) is 1. The molecule has 1 heterocycles. The van der Waals surface area contributed by atoms with Crippen molar-refractivity contribution in [1.82, 2.24) is 0 Å². The summed E-state index contributed by atoms with van der Waals surface area (Å²) in [5.74, 6) is 0.205. The van der Waals surface area contributed by atoms with Crippen molar-refractivity contribution in [3.05, 3.63) is 71.6 Å². The van der Waals surface area contributed by atoms with E-state index < -0.39 is 6.17 Å². The zero-order chi connectivity index (χ0) is 17.4. The molecule has 0 bridgehead atoms. The monoisotopic (exact) mass is 337 g/mol. The topological polar surface area (TPSA) is 12.4 Å². The van der Waals surface area contributed by atoms with Gasteiger partial charge < -0.3 is 0 Å². The number of hydrogen-bond donors (Lipinski definition) is 0. The number of rotatable bonds is 3. The van der Waals surface area contributed by atoms with Crippen molar-refractivity contribution in [2.24, 2.45) is 10.9 Å². The van der Waals surface area contributed by atoms with Gasteiger partial charge in [-0.3, -0.25) is 4.99 Å². The average molecular weight is 337 g/mol. The summed E-state index contributed by atoms with van der Waals surface area (Å²) < 4.78 is 26.5. The SMILES string of the molecule is C=C(c1ccc2c(c1)N=CC2c1ccc(F)cc1)C1CCC(F)CC1. The smallest absolute Gasteiger partial charge is 0.123 e. The number of hydrogen-bond acceptors (Lipinski definition) is 1. The van der Waals surface area contributed by atoms with Gasteiger partial charge in [0.25, 0.3) is 0 Å². The van der Waals surface area contributed by atoms with Crippen LogP contribution in [0.3, 0.4) is 0 Å². The van der Waals surface area contributed by atoms with Gasteiger partial charge in [0.1, 0.15) is 12.0 Å². The fourth-order valence-corrected chi connectivity index (χ4v) is 3.93. The number of halogens is 2. The molecule has 25 heavy (non-hydrogen) atoms. The zero-order valence-electron chi connectivity index (χ0n) is 14.1. The van der Waals surface area contributed by atoms with Crippen LogP contribution in [-0.2, 0) is 0 Å². The maximum atomic E-state index is 13.4. The number of aliphatic imine (C=N–C) groups is 1. The summed E-state index contributed by atoms with van der Waals surface area (Å²) in [5, 5.41) is 0. The first kappa shape index (κ1) is 16.2. The zero-order valence-corrected chi connectivity index (χ0v) is 14.1. The van der Waals surface area contributed by atoms with E-state index in [9.17, 15) is 8.78 Å². The van der Waals surface area contributed by atoms with Gasteiger partial charge in [-0.2, -0.15) is 0 Å². The van der Waals surface area contributed by atoms with Crippen molar-refractivity contribution >= 4 is 17.5 Å². The molecular formula is C22H21F2N. The first-order chi connectivity index (χ1) is 12.1. The highest BCUT2D eigenvalue weighted by Gasteiger charge is 2.25. The van der Waals surface area contributed by atoms with Crippen molar-refractivity contribution < 1.29 is 8.78 Å². The van der Waals surface area contributed by atoms with Crippen molar-refractivity contribution in [3.63, 3.8) is 0 Å². The van der Waals surface area contributed by atoms with Gasteiger partial charge in [-0.1, -0.05) is 30.8 Å². The Morgan fingerprint density at radius 3 is 2.44 bits per heavy atom. The molecule has 1 saturated carbocycles. The molecule has 0 saturated heterocycles. The molecule has 1 atom stereocenters. The second kappa shape index (κ2) is 6.55. The van der Waals surface area contributed by atoms with E-state index in [1.807, 2.05) is 18.3 Å². The Bertz CT molecular complexity index is 814. The Labute approximate surface area is 147 Å². The van der Waals surface area contributed by atoms with Crippen molar-refractivity contribution in [2.75, 3.05) is 0 Å². The number of allylic oxidation sites excluding steroid dienone is 1. The maximum absolute atomic E-state index is 13.4. The van der Waals surface area contributed by atoms with E-state index >= 15 is 0 Å². The van der Waals surface area contributed by atoms with Gasteiger partial charge in [0.15, 0.2) is 0 Å². The highest BCUT2D eigenvalue weighted by Crippen LogP contribution is 2.41. The van der Waals surface area contributed by atoms with Gasteiger partial charge in [0.05, 0.1) is 5.69 Å². The molecule has 3 heteroatoms. The average Bonchev–Trinajstić information content (AvgIpc) is 3.05. The Morgan fingerprint density at radius 1 is 1.00 bits per heavy atom. The standard InChI is InChI=1S/C22H21F2N/c1-14(15-2-7-18(23)8-3-15)17-6-11-20-21(13-25-22(20)12-17)16-4-9-19(24)10-5-16/h4-6,9-13,15,18,21H,1-3,7-8H2. The molecular weight excluding hydrogens is 316 g/mol. The maximum Gasteiger partial charge on any atom is 0.123 e. The van der Waals surface area contributed by atoms with E-state index in [1.54, 1.807) is 0 Å². The van der Waals surface area contributed by atoms with Crippen LogP contribution in [0.4, 0.5) is 14.5 Å². The van der Waals surface area contributed by atoms with Crippen LogP contribution in [0.5, 0.6) is 0 Å². The van der Waals surface area contributed by atoms with Gasteiger partial charge in [0, 0.05) is 12.1 Å². The van der Waals surface area contributed by atoms with Crippen LogP contribution in [0.25, 0.3) is 5.57 Å². The van der Waals surface area contributed by atoms with Crippen molar-refractivity contribution in [1.29, 1.82) is 0 Å². The van der Waals surface area contributed by atoms with E-state index in [4.69, 9.17) is 0 Å². The lowest BCUT2D eigenvalue weighted by atomic mass is 9.80. The third kappa shape index (κ3) is 3.15. The van der Waals surface area contributed by atoms with Crippen molar-refractivity contribution in [2.45, 2.75) is 37.8 Å². The van der Waals surface area contributed by atoms with Crippen LogP contribution < -0.4 is 0 Å². The number of benzene rings is 2. The molecule has 0 N–H and O–H groups in total. The van der Waals surface area contributed by atoms with E-state index in [0.717, 1.165) is 40.8 Å². The van der Waals surface area contributed by atoms with Crippen LogP contribution in [0.2, 0.25) is 0 Å². The minimum absolute atomic E-state index is 0.0693. The first-order valence-electron chi connectivity index (χ1n) is 8.88. The fraction of sp³-hybridized carbons (Fsp3) is 0.318. The molecule has 1 aliphatic carbocycles. The van der Waals surface area contributed by atoms with Crippen molar-refractivity contribution in [3.8, 4) is 0 Å². The van der Waals surface area contributed by atoms with Crippen LogP contribution in [-0.4, -0.2) is 12.4 Å². The molecule has 1 unspecified atom stereocenters. The Hall–Kier alpha value is -2.29. The lowest BCUT2D eigenvalue weighted by Crippen LogP contribution is -2.15. The molecule has 0 aromatic heterocycles.